The van der Waals surface area contributed by atoms with Crippen molar-refractivity contribution < 1.29 is 9.52 Å². The molecule has 116 valence electrons. The summed E-state index contributed by atoms with van der Waals surface area (Å²) in [5, 5.41) is 15.1. The van der Waals surface area contributed by atoms with Crippen LogP contribution in [0.25, 0.3) is 27.0 Å². The Morgan fingerprint density at radius 1 is 1.22 bits per heavy atom. The van der Waals surface area contributed by atoms with E-state index in [1.54, 1.807) is 10.8 Å². The van der Waals surface area contributed by atoms with Crippen molar-refractivity contribution in [3.63, 3.8) is 0 Å². The molecule has 0 aliphatic heterocycles. The highest BCUT2D eigenvalue weighted by Gasteiger charge is 2.19. The molecule has 4 rings (SSSR count). The molecule has 1 N–H and O–H groups in total. The van der Waals surface area contributed by atoms with Gasteiger partial charge in [0.25, 0.3) is 0 Å². The van der Waals surface area contributed by atoms with Crippen molar-refractivity contribution in [2.45, 2.75) is 20.5 Å². The minimum Gasteiger partial charge on any atom is -0.462 e. The Labute approximate surface area is 136 Å². The Balaban J connectivity index is 1.88. The summed E-state index contributed by atoms with van der Waals surface area (Å²) >= 11 is 1.44. The third kappa shape index (κ3) is 2.27. The van der Waals surface area contributed by atoms with E-state index in [0.29, 0.717) is 11.5 Å². The summed E-state index contributed by atoms with van der Waals surface area (Å²) in [6, 6.07) is 9.88. The largest absolute Gasteiger partial charge is 0.462 e. The summed E-state index contributed by atoms with van der Waals surface area (Å²) < 4.78 is 7.08. The number of aliphatic hydroxyl groups excluding tert-OH is 1. The molecule has 0 aliphatic carbocycles. The predicted octanol–water partition coefficient (Wildman–Crippen LogP) is 3.83. The molecule has 0 atom stereocenters. The van der Waals surface area contributed by atoms with Gasteiger partial charge in [-0.15, -0.1) is 0 Å². The van der Waals surface area contributed by atoms with Crippen molar-refractivity contribution in [3.8, 4) is 22.0 Å². The lowest BCUT2D eigenvalue weighted by molar-refractivity contribution is 0.275. The average molecular weight is 325 g/mol. The van der Waals surface area contributed by atoms with E-state index in [1.807, 2.05) is 18.2 Å². The summed E-state index contributed by atoms with van der Waals surface area (Å²) in [6.07, 6.45) is 1.62. The number of fused-ring (bicyclic) bond motifs is 1. The number of aromatic nitrogens is 3. The van der Waals surface area contributed by atoms with Crippen LogP contribution in [-0.2, 0) is 6.61 Å². The van der Waals surface area contributed by atoms with Gasteiger partial charge >= 0.3 is 0 Å². The maximum absolute atomic E-state index is 9.81. The zero-order valence-electron chi connectivity index (χ0n) is 12.8. The maximum Gasteiger partial charge on any atom is 0.213 e. The number of imidazole rings is 1. The Morgan fingerprint density at radius 3 is 2.78 bits per heavy atom. The van der Waals surface area contributed by atoms with E-state index in [9.17, 15) is 5.11 Å². The lowest BCUT2D eigenvalue weighted by Crippen LogP contribution is -1.96. The van der Waals surface area contributed by atoms with Crippen LogP contribution in [0.4, 0.5) is 0 Å². The molecule has 3 heterocycles. The zero-order valence-corrected chi connectivity index (χ0v) is 13.6. The molecule has 0 radical (unpaired) electrons. The number of hydrogen-bond donors (Lipinski definition) is 1. The molecule has 0 fully saturated rings. The Hall–Kier alpha value is -2.44. The molecule has 0 saturated carbocycles. The van der Waals surface area contributed by atoms with Crippen LogP contribution in [-0.4, -0.2) is 19.7 Å². The molecule has 6 heteroatoms. The highest BCUT2D eigenvalue weighted by atomic mass is 32.1. The van der Waals surface area contributed by atoms with Crippen LogP contribution in [0.3, 0.4) is 0 Å². The first-order valence-electron chi connectivity index (χ1n) is 7.28. The molecule has 0 aliphatic rings. The van der Waals surface area contributed by atoms with Crippen molar-refractivity contribution in [1.82, 2.24) is 14.6 Å². The molecule has 1 aromatic carbocycles. The van der Waals surface area contributed by atoms with Crippen molar-refractivity contribution in [1.29, 1.82) is 0 Å². The number of aliphatic hydroxyl groups is 1. The van der Waals surface area contributed by atoms with E-state index in [2.05, 4.69) is 36.1 Å². The molecule has 0 bridgehead atoms. The van der Waals surface area contributed by atoms with Crippen LogP contribution in [0.2, 0.25) is 0 Å². The smallest absolute Gasteiger partial charge is 0.213 e. The van der Waals surface area contributed by atoms with Crippen LogP contribution < -0.4 is 0 Å². The highest BCUT2D eigenvalue weighted by molar-refractivity contribution is 7.19. The highest BCUT2D eigenvalue weighted by Crippen LogP contribution is 2.31. The van der Waals surface area contributed by atoms with Gasteiger partial charge in [-0.3, -0.25) is 0 Å². The first-order chi connectivity index (χ1) is 11.2. The molecular formula is C17H15N3O2S. The third-order valence-electron chi connectivity index (χ3n) is 3.96. The summed E-state index contributed by atoms with van der Waals surface area (Å²) in [4.78, 5) is 5.42. The minimum absolute atomic E-state index is 0.120. The fourth-order valence-corrected chi connectivity index (χ4v) is 3.44. The Kier molecular flexibility index (Phi) is 3.28. The fraction of sp³-hybridized carbons (Fsp3) is 0.176. The number of furan rings is 1. The van der Waals surface area contributed by atoms with E-state index < -0.39 is 0 Å². The minimum atomic E-state index is -0.120. The molecule has 0 unspecified atom stereocenters. The van der Waals surface area contributed by atoms with Gasteiger partial charge in [0, 0.05) is 5.56 Å². The molecule has 3 aromatic heterocycles. The van der Waals surface area contributed by atoms with Crippen LogP contribution in [0, 0.1) is 13.8 Å². The Morgan fingerprint density at radius 2 is 2.09 bits per heavy atom. The Bertz CT molecular complexity index is 983. The van der Waals surface area contributed by atoms with Crippen LogP contribution in [0.1, 0.15) is 16.8 Å². The zero-order chi connectivity index (χ0) is 16.0. The standard InChI is InChI=1S/C17H15N3O2S/c1-10-5-6-12(8-11(10)2)15-13(9-21)20-17(18-15)23-16(19-20)14-4-3-7-22-14/h3-8,21H,9H2,1-2H3. The number of nitrogens with zero attached hydrogens (tertiary/aromatic N) is 3. The molecule has 5 nitrogen and oxygen atoms in total. The van der Waals surface area contributed by atoms with E-state index in [4.69, 9.17) is 4.42 Å². The normalized spacial score (nSPS) is 11.4. The quantitative estimate of drug-likeness (QED) is 0.622. The van der Waals surface area contributed by atoms with Gasteiger partial charge in [0.1, 0.15) is 0 Å². The predicted molar refractivity (Wildman–Crippen MR) is 89.4 cm³/mol. The average Bonchev–Trinajstić information content (AvgIpc) is 3.23. The maximum atomic E-state index is 9.81. The second-order valence-corrected chi connectivity index (χ2v) is 6.40. The number of benzene rings is 1. The molecular weight excluding hydrogens is 310 g/mol. The van der Waals surface area contributed by atoms with Gasteiger partial charge in [-0.05, 0) is 43.2 Å². The van der Waals surface area contributed by atoms with Crippen molar-refractivity contribution in [3.05, 3.63) is 53.4 Å². The second-order valence-electron chi connectivity index (χ2n) is 5.44. The van der Waals surface area contributed by atoms with Gasteiger partial charge in [-0.25, -0.2) is 9.50 Å². The lowest BCUT2D eigenvalue weighted by Gasteiger charge is -2.04. The fourth-order valence-electron chi connectivity index (χ4n) is 2.55. The number of hydrogen-bond acceptors (Lipinski definition) is 5. The van der Waals surface area contributed by atoms with Gasteiger partial charge in [0.15, 0.2) is 10.8 Å². The van der Waals surface area contributed by atoms with Gasteiger partial charge in [-0.2, -0.15) is 5.10 Å². The molecule has 4 aromatic rings. The molecule has 0 saturated heterocycles. The van der Waals surface area contributed by atoms with E-state index in [-0.39, 0.29) is 6.61 Å². The van der Waals surface area contributed by atoms with E-state index in [0.717, 1.165) is 21.2 Å². The molecule has 0 spiro atoms. The van der Waals surface area contributed by atoms with E-state index >= 15 is 0 Å². The summed E-state index contributed by atoms with van der Waals surface area (Å²) in [7, 11) is 0. The lowest BCUT2D eigenvalue weighted by atomic mass is 10.0. The van der Waals surface area contributed by atoms with Gasteiger partial charge in [-0.1, -0.05) is 23.5 Å². The second kappa shape index (κ2) is 5.33. The molecule has 0 amide bonds. The van der Waals surface area contributed by atoms with Crippen LogP contribution in [0.15, 0.2) is 41.0 Å². The summed E-state index contributed by atoms with van der Waals surface area (Å²) in [5.41, 5.74) is 4.90. The third-order valence-corrected chi connectivity index (χ3v) is 4.88. The van der Waals surface area contributed by atoms with Gasteiger partial charge < -0.3 is 9.52 Å². The van der Waals surface area contributed by atoms with E-state index in [1.165, 1.54) is 22.5 Å². The number of aryl methyl sites for hydroxylation is 2. The van der Waals surface area contributed by atoms with Gasteiger partial charge in [0.05, 0.1) is 24.3 Å². The first kappa shape index (κ1) is 14.2. The van der Waals surface area contributed by atoms with Crippen LogP contribution >= 0.6 is 11.3 Å². The van der Waals surface area contributed by atoms with Crippen molar-refractivity contribution >= 4 is 16.3 Å². The van der Waals surface area contributed by atoms with Crippen molar-refractivity contribution in [2.75, 3.05) is 0 Å². The first-order valence-corrected chi connectivity index (χ1v) is 8.10. The monoisotopic (exact) mass is 325 g/mol. The van der Waals surface area contributed by atoms with Gasteiger partial charge in [0.2, 0.25) is 4.96 Å². The van der Waals surface area contributed by atoms with Crippen LogP contribution in [0.5, 0.6) is 0 Å². The summed E-state index contributed by atoms with van der Waals surface area (Å²) in [5.74, 6) is 0.706. The molecule has 23 heavy (non-hydrogen) atoms. The summed E-state index contributed by atoms with van der Waals surface area (Å²) in [6.45, 7) is 4.03. The number of rotatable bonds is 3. The SMILES string of the molecule is Cc1ccc(-c2nc3sc(-c4ccco4)nn3c2CO)cc1C. The topological polar surface area (TPSA) is 63.6 Å². The van der Waals surface area contributed by atoms with Crippen molar-refractivity contribution in [2.24, 2.45) is 0 Å².